The van der Waals surface area contributed by atoms with Crippen LogP contribution in [0.1, 0.15) is 30.3 Å². The summed E-state index contributed by atoms with van der Waals surface area (Å²) in [6, 6.07) is 22.3. The van der Waals surface area contributed by atoms with Crippen LogP contribution in [0.3, 0.4) is 0 Å². The quantitative estimate of drug-likeness (QED) is 0.379. The molecule has 0 aliphatic heterocycles. The molecule has 0 saturated carbocycles. The van der Waals surface area contributed by atoms with Crippen molar-refractivity contribution in [2.75, 3.05) is 0 Å². The molecule has 0 radical (unpaired) electrons. The highest BCUT2D eigenvalue weighted by atomic mass is 79.9. The van der Waals surface area contributed by atoms with Crippen molar-refractivity contribution in [3.63, 3.8) is 0 Å². The summed E-state index contributed by atoms with van der Waals surface area (Å²) in [5.74, 6) is -0.0367. The van der Waals surface area contributed by atoms with E-state index in [1.54, 1.807) is 0 Å². The maximum Gasteiger partial charge on any atom is 0.438 e. The molecule has 1 aromatic heterocycles. The lowest BCUT2D eigenvalue weighted by Crippen LogP contribution is -2.22. The van der Waals surface area contributed by atoms with Crippen molar-refractivity contribution in [3.05, 3.63) is 93.1 Å². The predicted octanol–water partition coefficient (Wildman–Crippen LogP) is 5.42. The third-order valence-corrected chi connectivity index (χ3v) is 6.09. The molecular weight excluding hydrogens is 438 g/mol. The Bertz CT molecular complexity index is 1130. The Labute approximate surface area is 174 Å². The molecule has 1 heterocycles. The van der Waals surface area contributed by atoms with E-state index in [2.05, 4.69) is 68.0 Å². The summed E-state index contributed by atoms with van der Waals surface area (Å²) in [5.41, 5.74) is 1.18. The van der Waals surface area contributed by atoms with Crippen LogP contribution in [0, 0.1) is 0 Å². The lowest BCUT2D eigenvalue weighted by Gasteiger charge is -2.24. The van der Waals surface area contributed by atoms with E-state index in [-0.39, 0.29) is 12.0 Å². The second-order valence-corrected chi connectivity index (χ2v) is 8.32. The fourth-order valence-electron chi connectivity index (χ4n) is 3.23. The monoisotopic (exact) mass is 455 g/mol. The molecule has 4 aromatic rings. The van der Waals surface area contributed by atoms with Crippen LogP contribution in [0.4, 0.5) is 0 Å². The molecule has 4 rings (SSSR count). The number of nitrogens with zero attached hydrogens (tertiary/aromatic N) is 1. The van der Waals surface area contributed by atoms with E-state index in [1.165, 1.54) is 28.3 Å². The van der Waals surface area contributed by atoms with Crippen LogP contribution >= 0.6 is 27.9 Å². The highest BCUT2D eigenvalue weighted by Gasteiger charge is 2.26. The van der Waals surface area contributed by atoms with Gasteiger partial charge in [-0.3, -0.25) is 9.51 Å². The number of hydrogen-bond acceptors (Lipinski definition) is 5. The molecule has 0 saturated heterocycles. The number of fused-ring (bicyclic) bond motifs is 1. The Morgan fingerprint density at radius 1 is 1.07 bits per heavy atom. The second kappa shape index (κ2) is 8.34. The van der Waals surface area contributed by atoms with Crippen LogP contribution in [-0.4, -0.2) is 10.1 Å². The minimum absolute atomic E-state index is 0.0369. The zero-order valence-corrected chi connectivity index (χ0v) is 17.5. The Morgan fingerprint density at radius 2 is 1.82 bits per heavy atom. The second-order valence-electron chi connectivity index (χ2n) is 6.49. The van der Waals surface area contributed by atoms with Crippen molar-refractivity contribution < 1.29 is 4.52 Å². The molecule has 5 nitrogen and oxygen atoms in total. The Hall–Kier alpha value is -2.35. The molecule has 7 heteroatoms. The molecule has 2 atom stereocenters. The molecule has 0 aliphatic carbocycles. The number of hydrogen-bond donors (Lipinski definition) is 2. The summed E-state index contributed by atoms with van der Waals surface area (Å²) in [7, 11) is 0. The molecule has 3 aromatic carbocycles. The fourth-order valence-corrected chi connectivity index (χ4v) is 4.35. The van der Waals surface area contributed by atoms with E-state index in [1.807, 2.05) is 36.4 Å². The number of benzene rings is 3. The summed E-state index contributed by atoms with van der Waals surface area (Å²) in [6.45, 7) is 2.12. The van der Waals surface area contributed by atoms with E-state index >= 15 is 0 Å². The molecule has 28 heavy (non-hydrogen) atoms. The third-order valence-electron chi connectivity index (χ3n) is 4.68. The first-order valence-electron chi connectivity index (χ1n) is 8.83. The first-order valence-corrected chi connectivity index (χ1v) is 10.4. The number of nitrogens with one attached hydrogen (secondary N) is 2. The molecule has 0 aliphatic rings. The standard InChI is InChI=1S/C21H18BrN3O2S/c1-13(17-8-4-6-14-5-2-3-7-18(14)17)19(20-23-21(26)27-24-20)25-28-16-11-9-15(22)10-12-16/h2-13,19,25H,1H3,(H,23,24,26)/t13-,19+/m1/s1. The van der Waals surface area contributed by atoms with Crippen LogP contribution in [0.2, 0.25) is 0 Å². The highest BCUT2D eigenvalue weighted by molar-refractivity contribution is 9.10. The van der Waals surface area contributed by atoms with Crippen LogP contribution < -0.4 is 10.5 Å². The topological polar surface area (TPSA) is 70.9 Å². The summed E-state index contributed by atoms with van der Waals surface area (Å²) >= 11 is 4.95. The van der Waals surface area contributed by atoms with Gasteiger partial charge in [0.15, 0.2) is 5.82 Å². The smallest absolute Gasteiger partial charge is 0.296 e. The van der Waals surface area contributed by atoms with E-state index in [9.17, 15) is 4.79 Å². The predicted molar refractivity (Wildman–Crippen MR) is 115 cm³/mol. The summed E-state index contributed by atoms with van der Waals surface area (Å²) in [4.78, 5) is 15.3. The van der Waals surface area contributed by atoms with E-state index in [4.69, 9.17) is 4.52 Å². The van der Waals surface area contributed by atoms with Crippen molar-refractivity contribution >= 4 is 38.7 Å². The number of aromatic nitrogens is 2. The maximum absolute atomic E-state index is 11.6. The lowest BCUT2D eigenvalue weighted by molar-refractivity contribution is 0.372. The van der Waals surface area contributed by atoms with Gasteiger partial charge in [0.1, 0.15) is 0 Å². The molecular formula is C21H18BrN3O2S. The summed E-state index contributed by atoms with van der Waals surface area (Å²) in [5, 5.41) is 6.31. The summed E-state index contributed by atoms with van der Waals surface area (Å²) < 4.78 is 9.25. The van der Waals surface area contributed by atoms with Gasteiger partial charge in [-0.1, -0.05) is 70.5 Å². The number of aromatic amines is 1. The van der Waals surface area contributed by atoms with E-state index < -0.39 is 5.76 Å². The Kier molecular flexibility index (Phi) is 5.66. The van der Waals surface area contributed by atoms with Gasteiger partial charge in [0, 0.05) is 15.3 Å². The van der Waals surface area contributed by atoms with Crippen LogP contribution in [0.25, 0.3) is 10.8 Å². The molecule has 2 N–H and O–H groups in total. The maximum atomic E-state index is 11.6. The highest BCUT2D eigenvalue weighted by Crippen LogP contribution is 2.35. The SMILES string of the molecule is C[C@H](c1cccc2ccccc12)[C@H](NSc1ccc(Br)cc1)c1noc(=O)[nH]1. The first kappa shape index (κ1) is 19.0. The van der Waals surface area contributed by atoms with Gasteiger partial charge in [0.25, 0.3) is 0 Å². The molecule has 0 spiro atoms. The van der Waals surface area contributed by atoms with Gasteiger partial charge in [0.05, 0.1) is 6.04 Å². The van der Waals surface area contributed by atoms with Gasteiger partial charge in [-0.25, -0.2) is 9.52 Å². The average Bonchev–Trinajstić information content (AvgIpc) is 3.15. The van der Waals surface area contributed by atoms with Crippen molar-refractivity contribution in [1.82, 2.24) is 14.9 Å². The van der Waals surface area contributed by atoms with Gasteiger partial charge in [-0.15, -0.1) is 0 Å². The van der Waals surface area contributed by atoms with Crippen LogP contribution in [-0.2, 0) is 0 Å². The third kappa shape index (κ3) is 4.06. The van der Waals surface area contributed by atoms with E-state index in [0.29, 0.717) is 5.82 Å². The minimum atomic E-state index is -0.555. The minimum Gasteiger partial charge on any atom is -0.296 e. The Morgan fingerprint density at radius 3 is 2.57 bits per heavy atom. The van der Waals surface area contributed by atoms with Crippen LogP contribution in [0.15, 0.2) is 85.4 Å². The van der Waals surface area contributed by atoms with Gasteiger partial charge in [-0.05, 0) is 52.5 Å². The average molecular weight is 456 g/mol. The number of rotatable bonds is 6. The normalized spacial score (nSPS) is 13.5. The molecule has 0 bridgehead atoms. The Balaban J connectivity index is 1.68. The van der Waals surface area contributed by atoms with E-state index in [0.717, 1.165) is 9.37 Å². The van der Waals surface area contributed by atoms with Gasteiger partial charge in [0.2, 0.25) is 0 Å². The number of halogens is 1. The van der Waals surface area contributed by atoms with Crippen molar-refractivity contribution in [2.24, 2.45) is 0 Å². The molecule has 142 valence electrons. The van der Waals surface area contributed by atoms with Crippen molar-refractivity contribution in [1.29, 1.82) is 0 Å². The van der Waals surface area contributed by atoms with Gasteiger partial charge in [-0.2, -0.15) is 0 Å². The lowest BCUT2D eigenvalue weighted by atomic mass is 9.89. The molecule has 0 amide bonds. The largest absolute Gasteiger partial charge is 0.438 e. The fraction of sp³-hybridized carbons (Fsp3) is 0.143. The van der Waals surface area contributed by atoms with Gasteiger partial charge >= 0.3 is 5.76 Å². The van der Waals surface area contributed by atoms with Gasteiger partial charge < -0.3 is 0 Å². The summed E-state index contributed by atoms with van der Waals surface area (Å²) in [6.07, 6.45) is 0. The van der Waals surface area contributed by atoms with Crippen molar-refractivity contribution in [2.45, 2.75) is 23.8 Å². The first-order chi connectivity index (χ1) is 13.6. The molecule has 0 unspecified atom stereocenters. The van der Waals surface area contributed by atoms with Crippen LogP contribution in [0.5, 0.6) is 0 Å². The molecule has 0 fully saturated rings. The zero-order chi connectivity index (χ0) is 19.5. The zero-order valence-electron chi connectivity index (χ0n) is 15.1. The van der Waals surface area contributed by atoms with Crippen molar-refractivity contribution in [3.8, 4) is 0 Å². The number of H-pyrrole nitrogens is 1.